The summed E-state index contributed by atoms with van der Waals surface area (Å²) in [4.78, 5) is 24.6. The fraction of sp³-hybridized carbons (Fsp3) is 0.222. The van der Waals surface area contributed by atoms with Crippen LogP contribution in [0.4, 0.5) is 0 Å². The van der Waals surface area contributed by atoms with Crippen molar-refractivity contribution in [3.63, 3.8) is 0 Å². The number of carbonyl (C=O) groups is 2. The lowest BCUT2D eigenvalue weighted by Gasteiger charge is -2.12. The summed E-state index contributed by atoms with van der Waals surface area (Å²) < 4.78 is 0. The van der Waals surface area contributed by atoms with Crippen LogP contribution in [0.2, 0.25) is 0 Å². The van der Waals surface area contributed by atoms with E-state index in [0.29, 0.717) is 35.9 Å². The standard InChI is InChI=1S/2C9H8OS/c2*10-8-5-7-3-1-2-4-9(7)11-6-8/h2*1-4H,5-6H2. The first-order valence-corrected chi connectivity index (χ1v) is 9.14. The van der Waals surface area contributed by atoms with Gasteiger partial charge in [-0.3, -0.25) is 9.59 Å². The van der Waals surface area contributed by atoms with Gasteiger partial charge in [0.05, 0.1) is 11.5 Å². The maximum Gasteiger partial charge on any atom is 0.147 e. The molecule has 2 aliphatic heterocycles. The zero-order valence-corrected chi connectivity index (χ0v) is 13.7. The predicted octanol–water partition coefficient (Wildman–Crippen LogP) is 3.81. The van der Waals surface area contributed by atoms with Gasteiger partial charge >= 0.3 is 0 Å². The molecule has 2 heterocycles. The Bertz CT molecular complexity index is 648. The summed E-state index contributed by atoms with van der Waals surface area (Å²) in [7, 11) is 0. The molecule has 2 nitrogen and oxygen atoms in total. The Labute approximate surface area is 138 Å². The Morgan fingerprint density at radius 1 is 0.636 bits per heavy atom. The monoisotopic (exact) mass is 328 g/mol. The van der Waals surface area contributed by atoms with Crippen LogP contribution >= 0.6 is 23.5 Å². The number of rotatable bonds is 0. The van der Waals surface area contributed by atoms with Crippen molar-refractivity contribution in [1.82, 2.24) is 0 Å². The topological polar surface area (TPSA) is 34.1 Å². The highest BCUT2D eigenvalue weighted by molar-refractivity contribution is 8.00. The van der Waals surface area contributed by atoms with E-state index in [0.717, 1.165) is 0 Å². The third-order valence-corrected chi connectivity index (χ3v) is 5.85. The molecule has 22 heavy (non-hydrogen) atoms. The quantitative estimate of drug-likeness (QED) is 0.736. The maximum atomic E-state index is 11.0. The van der Waals surface area contributed by atoms with Crippen LogP contribution in [-0.4, -0.2) is 23.1 Å². The number of ketones is 2. The molecule has 2 aliphatic rings. The van der Waals surface area contributed by atoms with Crippen LogP contribution in [0, 0.1) is 0 Å². The molecule has 0 bridgehead atoms. The number of carbonyl (C=O) groups excluding carboxylic acids is 2. The minimum Gasteiger partial charge on any atom is -0.298 e. The third kappa shape index (κ3) is 3.81. The van der Waals surface area contributed by atoms with E-state index in [1.807, 2.05) is 36.4 Å². The maximum absolute atomic E-state index is 11.0. The lowest BCUT2D eigenvalue weighted by atomic mass is 10.1. The number of fused-ring (bicyclic) bond motifs is 2. The molecule has 0 spiro atoms. The number of hydrogen-bond donors (Lipinski definition) is 0. The van der Waals surface area contributed by atoms with Crippen molar-refractivity contribution in [1.29, 1.82) is 0 Å². The van der Waals surface area contributed by atoms with Gasteiger partial charge in [-0.05, 0) is 23.3 Å². The van der Waals surface area contributed by atoms with Gasteiger partial charge < -0.3 is 0 Å². The molecule has 2 aromatic rings. The smallest absolute Gasteiger partial charge is 0.147 e. The average Bonchev–Trinajstić information content (AvgIpc) is 2.55. The van der Waals surface area contributed by atoms with Gasteiger partial charge in [0.1, 0.15) is 11.6 Å². The van der Waals surface area contributed by atoms with Crippen LogP contribution in [0.5, 0.6) is 0 Å². The molecular formula is C18H16O2S2. The highest BCUT2D eigenvalue weighted by Crippen LogP contribution is 2.28. The first-order chi connectivity index (χ1) is 10.7. The van der Waals surface area contributed by atoms with Gasteiger partial charge in [0.25, 0.3) is 0 Å². The van der Waals surface area contributed by atoms with Gasteiger partial charge in [0.2, 0.25) is 0 Å². The number of benzene rings is 2. The minimum absolute atomic E-state index is 0.341. The molecule has 0 aromatic heterocycles. The third-order valence-electron chi connectivity index (χ3n) is 3.50. The van der Waals surface area contributed by atoms with Crippen molar-refractivity contribution < 1.29 is 9.59 Å². The number of hydrogen-bond acceptors (Lipinski definition) is 4. The second kappa shape index (κ2) is 7.16. The molecular weight excluding hydrogens is 312 g/mol. The molecule has 2 aromatic carbocycles. The van der Waals surface area contributed by atoms with Gasteiger partial charge in [-0.25, -0.2) is 0 Å². The van der Waals surface area contributed by atoms with Crippen molar-refractivity contribution in [3.8, 4) is 0 Å². The van der Waals surface area contributed by atoms with Gasteiger partial charge in [0.15, 0.2) is 0 Å². The van der Waals surface area contributed by atoms with Crippen LogP contribution in [0.15, 0.2) is 58.3 Å². The molecule has 4 rings (SSSR count). The minimum atomic E-state index is 0.341. The zero-order valence-electron chi connectivity index (χ0n) is 12.1. The van der Waals surface area contributed by atoms with E-state index < -0.39 is 0 Å². The summed E-state index contributed by atoms with van der Waals surface area (Å²) in [6.45, 7) is 0. The van der Waals surface area contributed by atoms with Gasteiger partial charge in [-0.15, -0.1) is 23.5 Å². The van der Waals surface area contributed by atoms with Crippen molar-refractivity contribution in [2.45, 2.75) is 22.6 Å². The summed E-state index contributed by atoms with van der Waals surface area (Å²) in [5, 5.41) is 0. The molecule has 0 amide bonds. The second-order valence-electron chi connectivity index (χ2n) is 5.22. The molecule has 0 radical (unpaired) electrons. The van der Waals surface area contributed by atoms with E-state index in [-0.39, 0.29) is 0 Å². The lowest BCUT2D eigenvalue weighted by molar-refractivity contribution is -0.117. The summed E-state index contributed by atoms with van der Waals surface area (Å²) in [6, 6.07) is 16.2. The van der Waals surface area contributed by atoms with Crippen molar-refractivity contribution >= 4 is 35.1 Å². The Balaban J connectivity index is 0.000000131. The molecule has 0 saturated carbocycles. The molecule has 0 N–H and O–H groups in total. The van der Waals surface area contributed by atoms with Crippen molar-refractivity contribution in [2.24, 2.45) is 0 Å². The first kappa shape index (κ1) is 15.4. The molecule has 0 unspecified atom stereocenters. The van der Waals surface area contributed by atoms with E-state index in [2.05, 4.69) is 12.1 Å². The van der Waals surface area contributed by atoms with Crippen LogP contribution < -0.4 is 0 Å². The first-order valence-electron chi connectivity index (χ1n) is 7.17. The Hall–Kier alpha value is -1.52. The highest BCUT2D eigenvalue weighted by Gasteiger charge is 2.15. The molecule has 0 aliphatic carbocycles. The van der Waals surface area contributed by atoms with Crippen LogP contribution in [0.3, 0.4) is 0 Å². The van der Waals surface area contributed by atoms with Gasteiger partial charge in [-0.2, -0.15) is 0 Å². The van der Waals surface area contributed by atoms with E-state index in [9.17, 15) is 9.59 Å². The zero-order chi connectivity index (χ0) is 15.4. The lowest BCUT2D eigenvalue weighted by Crippen LogP contribution is -2.11. The number of thioether (sulfide) groups is 2. The van der Waals surface area contributed by atoms with Crippen LogP contribution in [0.1, 0.15) is 11.1 Å². The van der Waals surface area contributed by atoms with E-state index >= 15 is 0 Å². The molecule has 0 fully saturated rings. The summed E-state index contributed by atoms with van der Waals surface area (Å²) in [6.07, 6.45) is 1.26. The fourth-order valence-electron chi connectivity index (χ4n) is 2.42. The SMILES string of the molecule is O=C1CSc2ccccc2C1.O=C1CSc2ccccc2C1. The Morgan fingerprint density at radius 3 is 1.50 bits per heavy atom. The highest BCUT2D eigenvalue weighted by atomic mass is 32.2. The Morgan fingerprint density at radius 2 is 1.05 bits per heavy atom. The van der Waals surface area contributed by atoms with Gasteiger partial charge in [-0.1, -0.05) is 36.4 Å². The summed E-state index contributed by atoms with van der Waals surface area (Å²) >= 11 is 3.29. The molecule has 0 atom stereocenters. The van der Waals surface area contributed by atoms with Crippen molar-refractivity contribution in [2.75, 3.05) is 11.5 Å². The largest absolute Gasteiger partial charge is 0.298 e. The molecule has 112 valence electrons. The average molecular weight is 328 g/mol. The Kier molecular flexibility index (Phi) is 5.01. The van der Waals surface area contributed by atoms with E-state index in [4.69, 9.17) is 0 Å². The summed E-state index contributed by atoms with van der Waals surface area (Å²) in [5.41, 5.74) is 2.38. The van der Waals surface area contributed by atoms with Crippen LogP contribution in [0.25, 0.3) is 0 Å². The van der Waals surface area contributed by atoms with E-state index in [1.54, 1.807) is 23.5 Å². The molecule has 0 saturated heterocycles. The predicted molar refractivity (Wildman–Crippen MR) is 91.8 cm³/mol. The normalized spacial score (nSPS) is 16.2. The van der Waals surface area contributed by atoms with Gasteiger partial charge in [0, 0.05) is 22.6 Å². The molecule has 4 heteroatoms. The fourth-order valence-corrected chi connectivity index (χ4v) is 4.26. The summed E-state index contributed by atoms with van der Waals surface area (Å²) in [5.74, 6) is 1.98. The second-order valence-corrected chi connectivity index (χ2v) is 7.26. The van der Waals surface area contributed by atoms with E-state index in [1.165, 1.54) is 20.9 Å². The number of Topliss-reactive ketones (excluding diaryl/α,β-unsaturated/α-hetero) is 2. The van der Waals surface area contributed by atoms with Crippen LogP contribution in [-0.2, 0) is 22.4 Å². The van der Waals surface area contributed by atoms with Crippen molar-refractivity contribution in [3.05, 3.63) is 59.7 Å².